The van der Waals surface area contributed by atoms with Crippen molar-refractivity contribution in [2.45, 2.75) is 56.2 Å². The van der Waals surface area contributed by atoms with Crippen LogP contribution in [0.1, 0.15) is 34.1 Å². The van der Waals surface area contributed by atoms with Crippen molar-refractivity contribution in [3.8, 4) is 0 Å². The molecule has 3 fully saturated rings. The molecule has 45 heavy (non-hydrogen) atoms. The van der Waals surface area contributed by atoms with Crippen molar-refractivity contribution in [1.82, 2.24) is 4.90 Å². The van der Waals surface area contributed by atoms with Crippen LogP contribution < -0.4 is 14.7 Å². The van der Waals surface area contributed by atoms with E-state index < -0.39 is 28.7 Å². The van der Waals surface area contributed by atoms with E-state index in [1.807, 2.05) is 54.6 Å². The number of aliphatic hydroxyl groups is 1. The van der Waals surface area contributed by atoms with Crippen LogP contribution in [0.3, 0.4) is 0 Å². The lowest BCUT2D eigenvalue weighted by Crippen LogP contribution is -2.59. The summed E-state index contributed by atoms with van der Waals surface area (Å²) in [5, 5.41) is 10.2. The van der Waals surface area contributed by atoms with Crippen LogP contribution in [0.25, 0.3) is 0 Å². The van der Waals surface area contributed by atoms with Crippen LogP contribution in [0.5, 0.6) is 0 Å². The fourth-order valence-electron chi connectivity index (χ4n) is 7.85. The molecule has 3 saturated heterocycles. The molecule has 2 bridgehead atoms. The summed E-state index contributed by atoms with van der Waals surface area (Å²) in [5.41, 5.74) is 2.54. The first-order valence-electron chi connectivity index (χ1n) is 16.0. The summed E-state index contributed by atoms with van der Waals surface area (Å²) in [4.78, 5) is 51.2. The molecule has 3 heterocycles. The predicted octanol–water partition coefficient (Wildman–Crippen LogP) is 4.99. The number of nitrogens with zero attached hydrogens (tertiary/aromatic N) is 4. The van der Waals surface area contributed by atoms with E-state index in [9.17, 15) is 19.5 Å². The van der Waals surface area contributed by atoms with Gasteiger partial charge in [-0.05, 0) is 69.5 Å². The molecule has 3 aliphatic rings. The fourth-order valence-corrected chi connectivity index (χ4v) is 10.2. The first kappa shape index (κ1) is 32.8. The lowest BCUT2D eigenvalue weighted by Gasteiger charge is -2.42. The fraction of sp³-hybridized carbons (Fsp3) is 0.472. The number of para-hydroxylation sites is 1. The van der Waals surface area contributed by atoms with Gasteiger partial charge >= 0.3 is 0 Å². The van der Waals surface area contributed by atoms with Gasteiger partial charge in [-0.25, -0.2) is 0 Å². The van der Waals surface area contributed by atoms with Gasteiger partial charge in [0.25, 0.3) is 5.91 Å². The summed E-state index contributed by atoms with van der Waals surface area (Å²) >= 11 is 1.64. The monoisotopic (exact) mass is 630 g/mol. The SMILES string of the molecule is C=CCN(C(=O)C1N([C@H](C)CO)C(=O)[C@@H]2[C@@H](C(=O)N(CC=C)c3ccccc3)[C@H]3CC(C)C12S3)c1ccc(N(CC)CC)cc1. The van der Waals surface area contributed by atoms with Crippen LogP contribution in [0.2, 0.25) is 0 Å². The molecular formula is C36H46N4O4S. The number of rotatable bonds is 13. The van der Waals surface area contributed by atoms with E-state index >= 15 is 0 Å². The Bertz CT molecular complexity index is 1410. The highest BCUT2D eigenvalue weighted by Crippen LogP contribution is 2.69. The zero-order chi connectivity index (χ0) is 32.5. The van der Waals surface area contributed by atoms with Gasteiger partial charge in [-0.15, -0.1) is 24.9 Å². The van der Waals surface area contributed by atoms with Crippen LogP contribution in [0, 0.1) is 17.8 Å². The minimum absolute atomic E-state index is 0.00976. The molecule has 8 nitrogen and oxygen atoms in total. The van der Waals surface area contributed by atoms with Gasteiger partial charge in [0.1, 0.15) is 6.04 Å². The Kier molecular flexibility index (Phi) is 9.80. The maximum atomic E-state index is 14.9. The number of fused-ring (bicyclic) bond motifs is 1. The van der Waals surface area contributed by atoms with Gasteiger partial charge < -0.3 is 24.7 Å². The minimum Gasteiger partial charge on any atom is -0.394 e. The van der Waals surface area contributed by atoms with Gasteiger partial charge in [-0.3, -0.25) is 14.4 Å². The summed E-state index contributed by atoms with van der Waals surface area (Å²) in [6.07, 6.45) is 4.13. The molecule has 0 aromatic heterocycles. The van der Waals surface area contributed by atoms with Crippen molar-refractivity contribution in [1.29, 1.82) is 0 Å². The Morgan fingerprint density at radius 2 is 1.53 bits per heavy atom. The number of benzene rings is 2. The molecular weight excluding hydrogens is 584 g/mol. The van der Waals surface area contributed by atoms with Crippen LogP contribution in [0.15, 0.2) is 79.9 Å². The number of anilines is 3. The van der Waals surface area contributed by atoms with Crippen molar-refractivity contribution in [2.24, 2.45) is 17.8 Å². The van der Waals surface area contributed by atoms with E-state index in [1.54, 1.807) is 45.5 Å². The molecule has 2 aromatic carbocycles. The molecule has 0 aliphatic carbocycles. The molecule has 0 radical (unpaired) electrons. The first-order chi connectivity index (χ1) is 21.7. The Hall–Kier alpha value is -3.56. The zero-order valence-corrected chi connectivity index (χ0v) is 27.7. The summed E-state index contributed by atoms with van der Waals surface area (Å²) in [6.45, 7) is 18.0. The van der Waals surface area contributed by atoms with Gasteiger partial charge in [0.05, 0.1) is 29.2 Å². The van der Waals surface area contributed by atoms with Gasteiger partial charge in [-0.2, -0.15) is 0 Å². The number of hydrogen-bond donors (Lipinski definition) is 1. The van der Waals surface area contributed by atoms with Crippen LogP contribution in [0.4, 0.5) is 17.1 Å². The lowest BCUT2D eigenvalue weighted by atomic mass is 9.65. The van der Waals surface area contributed by atoms with Crippen LogP contribution in [-0.2, 0) is 14.4 Å². The summed E-state index contributed by atoms with van der Waals surface area (Å²) in [5.74, 6) is -1.82. The van der Waals surface area contributed by atoms with Crippen molar-refractivity contribution in [3.63, 3.8) is 0 Å². The largest absolute Gasteiger partial charge is 0.394 e. The summed E-state index contributed by atoms with van der Waals surface area (Å²) in [6, 6.07) is 16.0. The molecule has 5 rings (SSSR count). The second kappa shape index (κ2) is 13.4. The van der Waals surface area contributed by atoms with Crippen molar-refractivity contribution in [2.75, 3.05) is 47.5 Å². The Labute approximate surface area is 271 Å². The van der Waals surface area contributed by atoms with Crippen LogP contribution >= 0.6 is 11.8 Å². The van der Waals surface area contributed by atoms with E-state index in [0.717, 1.165) is 36.6 Å². The third-order valence-electron chi connectivity index (χ3n) is 9.95. The lowest BCUT2D eigenvalue weighted by molar-refractivity contribution is -0.141. The highest BCUT2D eigenvalue weighted by Gasteiger charge is 2.76. The number of likely N-dealkylation sites (tertiary alicyclic amines) is 1. The Morgan fingerprint density at radius 1 is 0.978 bits per heavy atom. The number of hydrogen-bond acceptors (Lipinski definition) is 6. The third-order valence-corrected chi connectivity index (χ3v) is 12.0. The van der Waals surface area contributed by atoms with E-state index in [4.69, 9.17) is 0 Å². The van der Waals surface area contributed by atoms with Crippen LogP contribution in [-0.4, -0.2) is 82.6 Å². The van der Waals surface area contributed by atoms with Crippen molar-refractivity contribution >= 4 is 46.5 Å². The van der Waals surface area contributed by atoms with Crippen molar-refractivity contribution < 1.29 is 19.5 Å². The molecule has 0 saturated carbocycles. The van der Waals surface area contributed by atoms with Gasteiger partial charge in [0.2, 0.25) is 11.8 Å². The molecule has 240 valence electrons. The molecule has 1 N–H and O–H groups in total. The Morgan fingerprint density at radius 3 is 2.09 bits per heavy atom. The highest BCUT2D eigenvalue weighted by molar-refractivity contribution is 8.02. The predicted molar refractivity (Wildman–Crippen MR) is 184 cm³/mol. The minimum atomic E-state index is -0.841. The van der Waals surface area contributed by atoms with Gasteiger partial charge in [0.15, 0.2) is 0 Å². The third kappa shape index (κ3) is 5.37. The number of aliphatic hydroxyl groups excluding tert-OH is 1. The maximum absolute atomic E-state index is 14.9. The summed E-state index contributed by atoms with van der Waals surface area (Å²) < 4.78 is -0.806. The first-order valence-corrected chi connectivity index (χ1v) is 16.9. The molecule has 2 aromatic rings. The maximum Gasteiger partial charge on any atom is 0.251 e. The van der Waals surface area contributed by atoms with E-state index in [0.29, 0.717) is 6.54 Å². The molecule has 1 spiro atoms. The number of carbonyl (C=O) groups excluding carboxylic acids is 3. The molecule has 3 unspecified atom stereocenters. The second-order valence-corrected chi connectivity index (χ2v) is 13.9. The standard InChI is InChI=1S/C36H46N4O4S/c1-7-20-38(27-14-12-11-13-15-27)33(42)30-29-22-24(5)36(45-29)31(30)34(43)40(25(6)23-41)32(36)35(44)39(21-8-2)28-18-16-26(17-19-28)37(9-3)10-4/h7-8,11-19,24-25,29-32,41H,1-2,9-10,20-23H2,3-6H3/t24?,25-,29-,30+,31+,32?,36?/m1/s1. The average molecular weight is 631 g/mol. The van der Waals surface area contributed by atoms with Crippen molar-refractivity contribution in [3.05, 3.63) is 79.9 Å². The molecule has 9 heteroatoms. The molecule has 3 amide bonds. The zero-order valence-electron chi connectivity index (χ0n) is 26.8. The quantitative estimate of drug-likeness (QED) is 0.314. The van der Waals surface area contributed by atoms with E-state index in [2.05, 4.69) is 38.8 Å². The van der Waals surface area contributed by atoms with E-state index in [-0.39, 0.29) is 42.0 Å². The summed E-state index contributed by atoms with van der Waals surface area (Å²) in [7, 11) is 0. The number of amides is 3. The Balaban J connectivity index is 1.57. The molecule has 3 aliphatic heterocycles. The van der Waals surface area contributed by atoms with E-state index in [1.165, 1.54) is 0 Å². The smallest absolute Gasteiger partial charge is 0.251 e. The number of thioether (sulfide) groups is 1. The topological polar surface area (TPSA) is 84.4 Å². The highest BCUT2D eigenvalue weighted by atomic mass is 32.2. The normalized spacial score (nSPS) is 27.2. The number of carbonyl (C=O) groups is 3. The average Bonchev–Trinajstić information content (AvgIpc) is 3.66. The molecule has 7 atom stereocenters. The van der Waals surface area contributed by atoms with Gasteiger partial charge in [0, 0.05) is 48.5 Å². The second-order valence-electron chi connectivity index (χ2n) is 12.3. The van der Waals surface area contributed by atoms with Gasteiger partial charge in [-0.1, -0.05) is 37.3 Å².